The molecule has 18 heavy (non-hydrogen) atoms. The summed E-state index contributed by atoms with van der Waals surface area (Å²) in [6.07, 6.45) is 4.08. The van der Waals surface area contributed by atoms with Gasteiger partial charge in [-0.1, -0.05) is 12.1 Å². The maximum Gasteiger partial charge on any atom is 0.269 e. The fraction of sp³-hybridized carbons (Fsp3) is 0.231. The van der Waals surface area contributed by atoms with Crippen LogP contribution in [0.1, 0.15) is 11.1 Å². The first kappa shape index (κ1) is 12.3. The second-order valence-corrected chi connectivity index (χ2v) is 4.15. The van der Waals surface area contributed by atoms with Crippen LogP contribution >= 0.6 is 0 Å². The van der Waals surface area contributed by atoms with Crippen molar-refractivity contribution in [3.63, 3.8) is 0 Å². The molecule has 5 heteroatoms. The Morgan fingerprint density at radius 1 is 1.22 bits per heavy atom. The van der Waals surface area contributed by atoms with E-state index in [1.807, 2.05) is 13.2 Å². The predicted molar refractivity (Wildman–Crippen MR) is 69.4 cm³/mol. The number of nitrogens with one attached hydrogen (secondary N) is 1. The highest BCUT2D eigenvalue weighted by molar-refractivity contribution is 5.33. The Bertz CT molecular complexity index is 531. The van der Waals surface area contributed by atoms with Crippen molar-refractivity contribution in [2.45, 2.75) is 13.1 Å². The Morgan fingerprint density at radius 2 is 1.94 bits per heavy atom. The molecule has 0 unspecified atom stereocenters. The molecule has 0 radical (unpaired) electrons. The van der Waals surface area contributed by atoms with E-state index >= 15 is 0 Å². The summed E-state index contributed by atoms with van der Waals surface area (Å²) in [6.45, 7) is 1.56. The van der Waals surface area contributed by atoms with Crippen LogP contribution in [0.4, 0.5) is 5.69 Å². The molecule has 0 saturated heterocycles. The highest BCUT2D eigenvalue weighted by atomic mass is 16.6. The number of benzene rings is 1. The lowest BCUT2D eigenvalue weighted by molar-refractivity contribution is -0.384. The van der Waals surface area contributed by atoms with Crippen LogP contribution in [0.2, 0.25) is 0 Å². The van der Waals surface area contributed by atoms with E-state index in [1.165, 1.54) is 17.7 Å². The van der Waals surface area contributed by atoms with Crippen LogP contribution in [0, 0.1) is 10.1 Å². The molecule has 1 heterocycles. The van der Waals surface area contributed by atoms with Crippen molar-refractivity contribution >= 4 is 5.69 Å². The molecule has 0 fully saturated rings. The standard InChI is InChI=1S/C13H15N3O2/c1-14-8-12-6-7-15(10-12)9-11-2-4-13(5-3-11)16(17)18/h2-7,10,14H,8-9H2,1H3. The van der Waals surface area contributed by atoms with Crippen LogP contribution in [0.25, 0.3) is 0 Å². The van der Waals surface area contributed by atoms with Crippen molar-refractivity contribution in [1.29, 1.82) is 0 Å². The third kappa shape index (κ3) is 2.95. The molecule has 0 aliphatic rings. The van der Waals surface area contributed by atoms with Crippen LogP contribution in [-0.4, -0.2) is 16.5 Å². The fourth-order valence-electron chi connectivity index (χ4n) is 1.83. The van der Waals surface area contributed by atoms with E-state index in [1.54, 1.807) is 12.1 Å². The van der Waals surface area contributed by atoms with Gasteiger partial charge in [-0.25, -0.2) is 0 Å². The van der Waals surface area contributed by atoms with Crippen molar-refractivity contribution in [2.75, 3.05) is 7.05 Å². The Labute approximate surface area is 105 Å². The van der Waals surface area contributed by atoms with Gasteiger partial charge >= 0.3 is 0 Å². The average molecular weight is 245 g/mol. The molecule has 0 bridgehead atoms. The Hall–Kier alpha value is -2.14. The minimum atomic E-state index is -0.384. The normalized spacial score (nSPS) is 10.5. The molecule has 94 valence electrons. The third-order valence-electron chi connectivity index (χ3n) is 2.70. The lowest BCUT2D eigenvalue weighted by atomic mass is 10.2. The smallest absolute Gasteiger partial charge is 0.269 e. The summed E-state index contributed by atoms with van der Waals surface area (Å²) in [6, 6.07) is 8.70. The number of nitro groups is 1. The average Bonchev–Trinajstić information content (AvgIpc) is 2.78. The highest BCUT2D eigenvalue weighted by Crippen LogP contribution is 2.13. The predicted octanol–water partition coefficient (Wildman–Crippen LogP) is 2.16. The molecule has 0 atom stereocenters. The molecule has 2 aromatic rings. The molecular weight excluding hydrogens is 230 g/mol. The van der Waals surface area contributed by atoms with E-state index in [9.17, 15) is 10.1 Å². The monoisotopic (exact) mass is 245 g/mol. The molecule has 5 nitrogen and oxygen atoms in total. The summed E-state index contributed by atoms with van der Waals surface area (Å²) in [7, 11) is 1.91. The van der Waals surface area contributed by atoms with E-state index in [4.69, 9.17) is 0 Å². The van der Waals surface area contributed by atoms with Gasteiger partial charge in [-0.05, 0) is 24.2 Å². The van der Waals surface area contributed by atoms with Gasteiger partial charge in [0.1, 0.15) is 0 Å². The molecule has 0 amide bonds. The van der Waals surface area contributed by atoms with Crippen molar-refractivity contribution in [2.24, 2.45) is 0 Å². The number of nitro benzene ring substituents is 1. The van der Waals surface area contributed by atoms with Gasteiger partial charge in [0.05, 0.1) is 4.92 Å². The largest absolute Gasteiger partial charge is 0.350 e. The molecule has 0 saturated carbocycles. The number of hydrogen-bond donors (Lipinski definition) is 1. The lowest BCUT2D eigenvalue weighted by Crippen LogP contribution is -2.04. The van der Waals surface area contributed by atoms with Crippen molar-refractivity contribution in [3.05, 3.63) is 64.0 Å². The van der Waals surface area contributed by atoms with Crippen LogP contribution < -0.4 is 5.32 Å². The first-order chi connectivity index (χ1) is 8.69. The van der Waals surface area contributed by atoms with Gasteiger partial charge in [-0.15, -0.1) is 0 Å². The Kier molecular flexibility index (Phi) is 3.74. The van der Waals surface area contributed by atoms with Gasteiger partial charge in [-0.3, -0.25) is 10.1 Å². The molecule has 1 aromatic carbocycles. The molecular formula is C13H15N3O2. The van der Waals surface area contributed by atoms with Crippen LogP contribution in [0.3, 0.4) is 0 Å². The van der Waals surface area contributed by atoms with E-state index < -0.39 is 0 Å². The number of nitrogens with zero attached hydrogens (tertiary/aromatic N) is 2. The van der Waals surface area contributed by atoms with Gasteiger partial charge < -0.3 is 9.88 Å². The maximum atomic E-state index is 10.5. The zero-order valence-electron chi connectivity index (χ0n) is 10.2. The van der Waals surface area contributed by atoms with E-state index in [0.717, 1.165) is 18.7 Å². The summed E-state index contributed by atoms with van der Waals surface area (Å²) in [4.78, 5) is 10.2. The van der Waals surface area contributed by atoms with Crippen LogP contribution in [0.15, 0.2) is 42.7 Å². The summed E-state index contributed by atoms with van der Waals surface area (Å²) >= 11 is 0. The van der Waals surface area contributed by atoms with Crippen molar-refractivity contribution < 1.29 is 4.92 Å². The van der Waals surface area contributed by atoms with Gasteiger partial charge in [0.25, 0.3) is 5.69 Å². The number of hydrogen-bond acceptors (Lipinski definition) is 3. The number of rotatable bonds is 5. The number of non-ortho nitro benzene ring substituents is 1. The summed E-state index contributed by atoms with van der Waals surface area (Å²) in [5.74, 6) is 0. The second-order valence-electron chi connectivity index (χ2n) is 4.15. The van der Waals surface area contributed by atoms with Crippen LogP contribution in [-0.2, 0) is 13.1 Å². The molecule has 1 aromatic heterocycles. The van der Waals surface area contributed by atoms with Gasteiger partial charge in [0.2, 0.25) is 0 Å². The summed E-state index contributed by atoms with van der Waals surface area (Å²) < 4.78 is 2.06. The second kappa shape index (κ2) is 5.46. The van der Waals surface area contributed by atoms with Crippen molar-refractivity contribution in [1.82, 2.24) is 9.88 Å². The first-order valence-electron chi connectivity index (χ1n) is 5.71. The quantitative estimate of drug-likeness (QED) is 0.648. The Morgan fingerprint density at radius 3 is 2.56 bits per heavy atom. The van der Waals surface area contributed by atoms with E-state index in [0.29, 0.717) is 0 Å². The first-order valence-corrected chi connectivity index (χ1v) is 5.71. The minimum absolute atomic E-state index is 0.127. The zero-order chi connectivity index (χ0) is 13.0. The molecule has 0 aliphatic carbocycles. The number of aromatic nitrogens is 1. The molecule has 0 aliphatic heterocycles. The van der Waals surface area contributed by atoms with E-state index in [-0.39, 0.29) is 10.6 Å². The minimum Gasteiger partial charge on any atom is -0.350 e. The fourth-order valence-corrected chi connectivity index (χ4v) is 1.83. The SMILES string of the molecule is CNCc1ccn(Cc2ccc([N+](=O)[O-])cc2)c1. The van der Waals surface area contributed by atoms with Gasteiger partial charge in [0, 0.05) is 37.6 Å². The third-order valence-corrected chi connectivity index (χ3v) is 2.70. The van der Waals surface area contributed by atoms with Crippen molar-refractivity contribution in [3.8, 4) is 0 Å². The van der Waals surface area contributed by atoms with Gasteiger partial charge in [-0.2, -0.15) is 0 Å². The lowest BCUT2D eigenvalue weighted by Gasteiger charge is -2.03. The topological polar surface area (TPSA) is 60.1 Å². The molecule has 0 spiro atoms. The summed E-state index contributed by atoms with van der Waals surface area (Å²) in [5.41, 5.74) is 2.40. The highest BCUT2D eigenvalue weighted by Gasteiger charge is 2.04. The maximum absolute atomic E-state index is 10.5. The van der Waals surface area contributed by atoms with Crippen LogP contribution in [0.5, 0.6) is 0 Å². The molecule has 2 rings (SSSR count). The summed E-state index contributed by atoms with van der Waals surface area (Å²) in [5, 5.41) is 13.6. The van der Waals surface area contributed by atoms with Gasteiger partial charge in [0.15, 0.2) is 0 Å². The zero-order valence-corrected chi connectivity index (χ0v) is 10.2. The van der Waals surface area contributed by atoms with E-state index in [2.05, 4.69) is 22.1 Å². The Balaban J connectivity index is 2.06. The molecule has 1 N–H and O–H groups in total.